The molecule has 3 aromatic rings. The van der Waals surface area contributed by atoms with Crippen LogP contribution in [0.4, 0.5) is 5.69 Å². The van der Waals surface area contributed by atoms with Gasteiger partial charge in [0.25, 0.3) is 0 Å². The maximum atomic E-state index is 12.3. The third kappa shape index (κ3) is 4.53. The molecule has 0 fully saturated rings. The standard InChI is InChI=1S/C19H20N4O3S/c1-25-15-8-6-13(7-9-15)18-21-22-19(27)23(18)11-10-17(24)20-14-4-3-5-16(12-14)26-2/h3-9,12H,10-11H2,1-2H3,(H,20,24)(H,22,27). The second-order valence-corrected chi connectivity index (χ2v) is 6.15. The Bertz CT molecular complexity index is 979. The highest BCUT2D eigenvalue weighted by Crippen LogP contribution is 2.21. The van der Waals surface area contributed by atoms with Crippen LogP contribution in [0.5, 0.6) is 11.5 Å². The van der Waals surface area contributed by atoms with Crippen molar-refractivity contribution in [1.29, 1.82) is 0 Å². The van der Waals surface area contributed by atoms with Crippen LogP contribution in [0.3, 0.4) is 0 Å². The molecule has 0 aliphatic carbocycles. The molecular weight excluding hydrogens is 364 g/mol. The van der Waals surface area contributed by atoms with Crippen LogP contribution in [0.25, 0.3) is 11.4 Å². The summed E-state index contributed by atoms with van der Waals surface area (Å²) in [6, 6.07) is 14.7. The highest BCUT2D eigenvalue weighted by molar-refractivity contribution is 7.71. The SMILES string of the molecule is COc1ccc(-c2n[nH]c(=S)n2CCC(=O)Nc2cccc(OC)c2)cc1. The average molecular weight is 384 g/mol. The van der Waals surface area contributed by atoms with Crippen molar-refractivity contribution < 1.29 is 14.3 Å². The van der Waals surface area contributed by atoms with Gasteiger partial charge in [0.05, 0.1) is 14.2 Å². The highest BCUT2D eigenvalue weighted by Gasteiger charge is 2.11. The monoisotopic (exact) mass is 384 g/mol. The first-order valence-corrected chi connectivity index (χ1v) is 8.75. The topological polar surface area (TPSA) is 81.2 Å². The summed E-state index contributed by atoms with van der Waals surface area (Å²) in [6.07, 6.45) is 0.258. The number of aromatic nitrogens is 3. The molecule has 0 bridgehead atoms. The number of rotatable bonds is 7. The first-order valence-electron chi connectivity index (χ1n) is 8.34. The van der Waals surface area contributed by atoms with E-state index in [1.165, 1.54) is 0 Å². The number of methoxy groups -OCH3 is 2. The van der Waals surface area contributed by atoms with Gasteiger partial charge < -0.3 is 14.8 Å². The number of carbonyl (C=O) groups excluding carboxylic acids is 1. The highest BCUT2D eigenvalue weighted by atomic mass is 32.1. The van der Waals surface area contributed by atoms with Crippen molar-refractivity contribution in [2.75, 3.05) is 19.5 Å². The fourth-order valence-corrected chi connectivity index (χ4v) is 2.85. The molecule has 1 heterocycles. The van der Waals surface area contributed by atoms with Crippen molar-refractivity contribution in [2.45, 2.75) is 13.0 Å². The number of nitrogens with one attached hydrogen (secondary N) is 2. The number of H-pyrrole nitrogens is 1. The van der Waals surface area contributed by atoms with Gasteiger partial charge in [0.15, 0.2) is 10.6 Å². The Morgan fingerprint density at radius 3 is 2.59 bits per heavy atom. The minimum absolute atomic E-state index is 0.118. The second-order valence-electron chi connectivity index (χ2n) is 5.76. The molecule has 27 heavy (non-hydrogen) atoms. The molecule has 8 heteroatoms. The number of nitrogens with zero attached hydrogens (tertiary/aromatic N) is 2. The van der Waals surface area contributed by atoms with Gasteiger partial charge in [0.2, 0.25) is 5.91 Å². The van der Waals surface area contributed by atoms with Crippen molar-refractivity contribution in [3.8, 4) is 22.9 Å². The molecule has 7 nitrogen and oxygen atoms in total. The summed E-state index contributed by atoms with van der Waals surface area (Å²) in [6.45, 7) is 0.409. The number of anilines is 1. The number of benzene rings is 2. The first kappa shape index (κ1) is 18.7. The minimum Gasteiger partial charge on any atom is -0.497 e. The fourth-order valence-electron chi connectivity index (χ4n) is 2.62. The smallest absolute Gasteiger partial charge is 0.226 e. The van der Waals surface area contributed by atoms with E-state index in [1.54, 1.807) is 20.3 Å². The van der Waals surface area contributed by atoms with E-state index in [0.717, 1.165) is 11.3 Å². The predicted octanol–water partition coefficient (Wildman–Crippen LogP) is 3.65. The zero-order chi connectivity index (χ0) is 19.2. The lowest BCUT2D eigenvalue weighted by Gasteiger charge is -2.09. The lowest BCUT2D eigenvalue weighted by Crippen LogP contribution is -2.15. The van der Waals surface area contributed by atoms with Gasteiger partial charge in [-0.25, -0.2) is 0 Å². The lowest BCUT2D eigenvalue weighted by molar-refractivity contribution is -0.116. The summed E-state index contributed by atoms with van der Waals surface area (Å²) >= 11 is 5.31. The molecule has 0 atom stereocenters. The van der Waals surface area contributed by atoms with E-state index in [2.05, 4.69) is 15.5 Å². The van der Waals surface area contributed by atoms with Crippen molar-refractivity contribution >= 4 is 23.8 Å². The average Bonchev–Trinajstić information content (AvgIpc) is 3.07. The maximum absolute atomic E-state index is 12.3. The number of hydrogen-bond acceptors (Lipinski definition) is 5. The normalized spacial score (nSPS) is 10.4. The molecule has 1 aromatic heterocycles. The van der Waals surface area contributed by atoms with E-state index in [4.69, 9.17) is 21.7 Å². The molecule has 2 N–H and O–H groups in total. The van der Waals surface area contributed by atoms with Crippen LogP contribution in [-0.4, -0.2) is 34.9 Å². The van der Waals surface area contributed by atoms with Crippen LogP contribution in [0.15, 0.2) is 48.5 Å². The maximum Gasteiger partial charge on any atom is 0.226 e. The van der Waals surface area contributed by atoms with Gasteiger partial charge in [-0.15, -0.1) is 0 Å². The summed E-state index contributed by atoms with van der Waals surface area (Å²) in [5.74, 6) is 2.01. The third-order valence-corrected chi connectivity index (χ3v) is 4.33. The molecule has 0 saturated heterocycles. The fraction of sp³-hybridized carbons (Fsp3) is 0.211. The molecular formula is C19H20N4O3S. The van der Waals surface area contributed by atoms with Gasteiger partial charge in [-0.2, -0.15) is 5.10 Å². The van der Waals surface area contributed by atoms with Crippen LogP contribution < -0.4 is 14.8 Å². The molecule has 1 amide bonds. The second kappa shape index (κ2) is 8.50. The summed E-state index contributed by atoms with van der Waals surface area (Å²) in [5.41, 5.74) is 1.57. The quantitative estimate of drug-likeness (QED) is 0.608. The van der Waals surface area contributed by atoms with E-state index in [0.29, 0.717) is 28.6 Å². The molecule has 0 unspecified atom stereocenters. The molecule has 140 valence electrons. The summed E-state index contributed by atoms with van der Waals surface area (Å²) in [4.78, 5) is 12.3. The van der Waals surface area contributed by atoms with Gasteiger partial charge in [-0.3, -0.25) is 14.5 Å². The van der Waals surface area contributed by atoms with Gasteiger partial charge >= 0.3 is 0 Å². The van der Waals surface area contributed by atoms with Crippen LogP contribution >= 0.6 is 12.2 Å². The van der Waals surface area contributed by atoms with Crippen molar-refractivity contribution in [1.82, 2.24) is 14.8 Å². The lowest BCUT2D eigenvalue weighted by atomic mass is 10.2. The molecule has 0 saturated carbocycles. The molecule has 0 aliphatic rings. The molecule has 0 aliphatic heterocycles. The van der Waals surface area contributed by atoms with E-state index in [-0.39, 0.29) is 12.3 Å². The van der Waals surface area contributed by atoms with E-state index >= 15 is 0 Å². The van der Waals surface area contributed by atoms with Crippen LogP contribution in [0.2, 0.25) is 0 Å². The Balaban J connectivity index is 1.69. The summed E-state index contributed by atoms with van der Waals surface area (Å²) < 4.78 is 12.6. The summed E-state index contributed by atoms with van der Waals surface area (Å²) in [5, 5.41) is 9.93. The van der Waals surface area contributed by atoms with E-state index in [1.807, 2.05) is 47.0 Å². The molecule has 0 radical (unpaired) electrons. The van der Waals surface area contributed by atoms with Crippen LogP contribution in [-0.2, 0) is 11.3 Å². The first-order chi connectivity index (χ1) is 13.1. The number of ether oxygens (including phenoxy) is 2. The Kier molecular flexibility index (Phi) is 5.87. The Hall–Kier alpha value is -3.13. The van der Waals surface area contributed by atoms with E-state index in [9.17, 15) is 4.79 Å². The Labute approximate surface area is 161 Å². The number of aromatic amines is 1. The zero-order valence-electron chi connectivity index (χ0n) is 15.1. The largest absolute Gasteiger partial charge is 0.497 e. The third-order valence-electron chi connectivity index (χ3n) is 4.02. The Morgan fingerprint density at radius 1 is 1.15 bits per heavy atom. The molecule has 0 spiro atoms. The molecule has 3 rings (SSSR count). The van der Waals surface area contributed by atoms with Gasteiger partial charge in [-0.1, -0.05) is 6.07 Å². The van der Waals surface area contributed by atoms with Crippen molar-refractivity contribution in [3.05, 3.63) is 53.3 Å². The number of amides is 1. The zero-order valence-corrected chi connectivity index (χ0v) is 15.9. The van der Waals surface area contributed by atoms with E-state index < -0.39 is 0 Å². The predicted molar refractivity (Wildman–Crippen MR) is 106 cm³/mol. The van der Waals surface area contributed by atoms with Crippen LogP contribution in [0, 0.1) is 4.77 Å². The molecule has 2 aromatic carbocycles. The van der Waals surface area contributed by atoms with Gasteiger partial charge in [0, 0.05) is 30.3 Å². The van der Waals surface area contributed by atoms with Crippen LogP contribution in [0.1, 0.15) is 6.42 Å². The Morgan fingerprint density at radius 2 is 1.89 bits per heavy atom. The van der Waals surface area contributed by atoms with Crippen molar-refractivity contribution in [3.63, 3.8) is 0 Å². The van der Waals surface area contributed by atoms with Crippen molar-refractivity contribution in [2.24, 2.45) is 0 Å². The van der Waals surface area contributed by atoms with Gasteiger partial charge in [-0.05, 0) is 48.6 Å². The van der Waals surface area contributed by atoms with Gasteiger partial charge in [0.1, 0.15) is 11.5 Å². The number of carbonyl (C=O) groups is 1. The number of hydrogen-bond donors (Lipinski definition) is 2. The summed E-state index contributed by atoms with van der Waals surface area (Å²) in [7, 11) is 3.20. The minimum atomic E-state index is -0.118.